The third kappa shape index (κ3) is 1.62. The first kappa shape index (κ1) is 9.13. The number of rotatable bonds is 2. The van der Waals surface area contributed by atoms with Crippen molar-refractivity contribution in [2.75, 3.05) is 12.3 Å². The third-order valence-electron chi connectivity index (χ3n) is 1.52. The van der Waals surface area contributed by atoms with Gasteiger partial charge in [0.25, 0.3) is 0 Å². The van der Waals surface area contributed by atoms with E-state index in [0.29, 0.717) is 0 Å². The maximum Gasteiger partial charge on any atom is 0.356 e. The van der Waals surface area contributed by atoms with Crippen molar-refractivity contribution in [3.63, 3.8) is 0 Å². The van der Waals surface area contributed by atoms with E-state index in [-0.39, 0.29) is 23.6 Å². The number of hydrogen-bond acceptors (Lipinski definition) is 4. The van der Waals surface area contributed by atoms with Gasteiger partial charge in [-0.1, -0.05) is 0 Å². The number of esters is 1. The van der Waals surface area contributed by atoms with E-state index in [1.54, 1.807) is 6.92 Å². The van der Waals surface area contributed by atoms with E-state index in [0.717, 1.165) is 0 Å². The lowest BCUT2D eigenvalue weighted by Gasteiger charge is -1.99. The van der Waals surface area contributed by atoms with Crippen molar-refractivity contribution in [3.05, 3.63) is 17.5 Å². The van der Waals surface area contributed by atoms with Crippen LogP contribution in [0.25, 0.3) is 0 Å². The highest BCUT2D eigenvalue weighted by Gasteiger charge is 2.15. The molecule has 3 N–H and O–H groups in total. The number of nitrogens with one attached hydrogen (secondary N) is 1. The summed E-state index contributed by atoms with van der Waals surface area (Å²) < 4.78 is 4.71. The topological polar surface area (TPSA) is 91.9 Å². The molecule has 1 aromatic heterocycles. The fourth-order valence-electron chi connectivity index (χ4n) is 0.899. The molecular weight excluding hydrogens is 170 g/mol. The number of H-pyrrole nitrogens is 1. The second-order valence-electron chi connectivity index (χ2n) is 2.32. The van der Waals surface area contributed by atoms with Gasteiger partial charge in [-0.2, -0.15) is 5.26 Å². The van der Waals surface area contributed by atoms with Gasteiger partial charge in [0.2, 0.25) is 0 Å². The predicted molar refractivity (Wildman–Crippen MR) is 45.9 cm³/mol. The smallest absolute Gasteiger partial charge is 0.356 e. The average molecular weight is 179 g/mol. The normalized spacial score (nSPS) is 9.23. The first-order valence-corrected chi connectivity index (χ1v) is 3.74. The van der Waals surface area contributed by atoms with E-state index in [1.165, 1.54) is 6.20 Å². The van der Waals surface area contributed by atoms with Gasteiger partial charge in [-0.05, 0) is 6.92 Å². The highest BCUT2D eigenvalue weighted by Crippen LogP contribution is 2.16. The van der Waals surface area contributed by atoms with Gasteiger partial charge < -0.3 is 15.5 Å². The molecule has 1 heterocycles. The van der Waals surface area contributed by atoms with E-state index in [9.17, 15) is 4.79 Å². The lowest BCUT2D eigenvalue weighted by Crippen LogP contribution is -2.07. The van der Waals surface area contributed by atoms with Crippen molar-refractivity contribution in [2.24, 2.45) is 0 Å². The first-order chi connectivity index (χ1) is 6.20. The molecule has 5 nitrogen and oxygen atoms in total. The second-order valence-corrected chi connectivity index (χ2v) is 2.32. The van der Waals surface area contributed by atoms with Crippen molar-refractivity contribution in [3.8, 4) is 6.07 Å². The number of nitrogens with two attached hydrogens (primary N) is 1. The molecule has 0 atom stereocenters. The standard InChI is InChI=1S/C8H9N3O2/c1-2-13-8(12)7-6(10)5(3-9)4-11-7/h4,11H,2,10H2,1H3. The molecule has 1 aromatic rings. The fourth-order valence-corrected chi connectivity index (χ4v) is 0.899. The van der Waals surface area contributed by atoms with Gasteiger partial charge in [0.15, 0.2) is 0 Å². The number of nitrogens with zero attached hydrogens (tertiary/aromatic N) is 1. The van der Waals surface area contributed by atoms with E-state index in [4.69, 9.17) is 15.7 Å². The number of nitriles is 1. The van der Waals surface area contributed by atoms with Crippen LogP contribution in [0.15, 0.2) is 6.20 Å². The average Bonchev–Trinajstić information content (AvgIpc) is 2.47. The SMILES string of the molecule is CCOC(=O)c1[nH]cc(C#N)c1N. The molecule has 0 fully saturated rings. The van der Waals surface area contributed by atoms with Gasteiger partial charge in [0, 0.05) is 6.20 Å². The first-order valence-electron chi connectivity index (χ1n) is 3.74. The Bertz CT molecular complexity index is 362. The lowest BCUT2D eigenvalue weighted by atomic mass is 10.3. The molecular formula is C8H9N3O2. The molecule has 0 saturated heterocycles. The Morgan fingerprint density at radius 3 is 3.00 bits per heavy atom. The van der Waals surface area contributed by atoms with Crippen LogP contribution in [0.4, 0.5) is 5.69 Å². The molecule has 0 aliphatic carbocycles. The Morgan fingerprint density at radius 1 is 1.85 bits per heavy atom. The second kappa shape index (κ2) is 3.63. The highest BCUT2D eigenvalue weighted by atomic mass is 16.5. The van der Waals surface area contributed by atoms with Gasteiger partial charge >= 0.3 is 5.97 Å². The minimum atomic E-state index is -0.540. The van der Waals surface area contributed by atoms with Crippen LogP contribution in [0.2, 0.25) is 0 Å². The van der Waals surface area contributed by atoms with Crippen LogP contribution in [0.3, 0.4) is 0 Å². The van der Waals surface area contributed by atoms with Crippen LogP contribution in [0.5, 0.6) is 0 Å². The van der Waals surface area contributed by atoms with Crippen molar-refractivity contribution < 1.29 is 9.53 Å². The van der Waals surface area contributed by atoms with Gasteiger partial charge in [-0.25, -0.2) is 4.79 Å². The number of hydrogen-bond donors (Lipinski definition) is 2. The number of aromatic nitrogens is 1. The van der Waals surface area contributed by atoms with Crippen molar-refractivity contribution in [1.82, 2.24) is 4.98 Å². The number of aromatic amines is 1. The molecule has 0 spiro atoms. The monoisotopic (exact) mass is 179 g/mol. The van der Waals surface area contributed by atoms with E-state index in [1.807, 2.05) is 6.07 Å². The summed E-state index contributed by atoms with van der Waals surface area (Å²) in [6.45, 7) is 1.97. The summed E-state index contributed by atoms with van der Waals surface area (Å²) >= 11 is 0. The van der Waals surface area contributed by atoms with Crippen molar-refractivity contribution in [2.45, 2.75) is 6.92 Å². The molecule has 5 heteroatoms. The molecule has 1 rings (SSSR count). The molecule has 0 radical (unpaired) electrons. The summed E-state index contributed by atoms with van der Waals surface area (Å²) in [5.74, 6) is -0.540. The Kier molecular flexibility index (Phi) is 2.55. The maximum atomic E-state index is 11.2. The van der Waals surface area contributed by atoms with Gasteiger partial charge in [-0.3, -0.25) is 0 Å². The maximum absolute atomic E-state index is 11.2. The summed E-state index contributed by atoms with van der Waals surface area (Å²) in [5, 5.41) is 8.54. The summed E-state index contributed by atoms with van der Waals surface area (Å²) in [6, 6.07) is 1.85. The van der Waals surface area contributed by atoms with E-state index in [2.05, 4.69) is 4.98 Å². The quantitative estimate of drug-likeness (QED) is 0.652. The minimum absolute atomic E-state index is 0.137. The summed E-state index contributed by atoms with van der Waals surface area (Å²) in [4.78, 5) is 13.7. The number of ether oxygens (including phenoxy) is 1. The molecule has 0 aliphatic rings. The molecule has 13 heavy (non-hydrogen) atoms. The molecule has 0 aromatic carbocycles. The number of carbonyl (C=O) groups is 1. The zero-order chi connectivity index (χ0) is 9.84. The Morgan fingerprint density at radius 2 is 2.54 bits per heavy atom. The van der Waals surface area contributed by atoms with Gasteiger partial charge in [0.1, 0.15) is 11.8 Å². The van der Waals surface area contributed by atoms with Crippen LogP contribution in [0.1, 0.15) is 23.0 Å². The summed E-state index contributed by atoms with van der Waals surface area (Å²) in [7, 11) is 0. The summed E-state index contributed by atoms with van der Waals surface area (Å²) in [5.41, 5.74) is 6.02. The van der Waals surface area contributed by atoms with Gasteiger partial charge in [0.05, 0.1) is 17.9 Å². The van der Waals surface area contributed by atoms with Crippen LogP contribution < -0.4 is 5.73 Å². The highest BCUT2D eigenvalue weighted by molar-refractivity contribution is 5.94. The zero-order valence-corrected chi connectivity index (χ0v) is 7.13. The fraction of sp³-hybridized carbons (Fsp3) is 0.250. The molecule has 0 saturated carbocycles. The minimum Gasteiger partial charge on any atom is -0.461 e. The van der Waals surface area contributed by atoms with Gasteiger partial charge in [-0.15, -0.1) is 0 Å². The Hall–Kier alpha value is -1.96. The third-order valence-corrected chi connectivity index (χ3v) is 1.52. The molecule has 0 bridgehead atoms. The zero-order valence-electron chi connectivity index (χ0n) is 7.13. The van der Waals surface area contributed by atoms with E-state index < -0.39 is 5.97 Å². The van der Waals surface area contributed by atoms with Crippen LogP contribution >= 0.6 is 0 Å². The Labute approximate surface area is 75.1 Å². The van der Waals surface area contributed by atoms with E-state index >= 15 is 0 Å². The van der Waals surface area contributed by atoms with Crippen molar-refractivity contribution >= 4 is 11.7 Å². The predicted octanol–water partition coefficient (Wildman–Crippen LogP) is 0.645. The molecule has 0 aliphatic heterocycles. The lowest BCUT2D eigenvalue weighted by molar-refractivity contribution is 0.0521. The van der Waals surface area contributed by atoms with Crippen LogP contribution in [0, 0.1) is 11.3 Å². The van der Waals surface area contributed by atoms with Crippen LogP contribution in [-0.4, -0.2) is 17.6 Å². The van der Waals surface area contributed by atoms with Crippen LogP contribution in [-0.2, 0) is 4.74 Å². The molecule has 0 amide bonds. The van der Waals surface area contributed by atoms with Crippen molar-refractivity contribution in [1.29, 1.82) is 5.26 Å². The Balaban J connectivity index is 2.97. The number of nitrogen functional groups attached to an aromatic ring is 1. The number of anilines is 1. The summed E-state index contributed by atoms with van der Waals surface area (Å²) in [6.07, 6.45) is 1.38. The molecule has 0 unspecified atom stereocenters. The largest absolute Gasteiger partial charge is 0.461 e. The molecule has 68 valence electrons. The number of carbonyl (C=O) groups excluding carboxylic acids is 1.